The van der Waals surface area contributed by atoms with Crippen molar-refractivity contribution in [3.63, 3.8) is 0 Å². The first-order valence-corrected chi connectivity index (χ1v) is 11.5. The van der Waals surface area contributed by atoms with Crippen LogP contribution in [0.4, 0.5) is 0 Å². The molecule has 156 valence electrons. The number of hydrogen-bond acceptors (Lipinski definition) is 5. The number of carbonyl (C=O) groups is 1. The Hall–Kier alpha value is -1.59. The molecule has 29 heavy (non-hydrogen) atoms. The van der Waals surface area contributed by atoms with E-state index >= 15 is 0 Å². The highest BCUT2D eigenvalue weighted by molar-refractivity contribution is 5.90. The summed E-state index contributed by atoms with van der Waals surface area (Å²) in [4.78, 5) is 15.8. The molecule has 1 N–H and O–H groups in total. The lowest BCUT2D eigenvalue weighted by Gasteiger charge is -2.64. The van der Waals surface area contributed by atoms with E-state index < -0.39 is 11.5 Å². The monoisotopic (exact) mass is 397 g/mol. The number of aromatic hydroxyl groups is 1. The number of hydrogen-bond donors (Lipinski definition) is 1. The number of carbonyl (C=O) groups excluding carboxylic acids is 1. The minimum atomic E-state index is -0.509. The van der Waals surface area contributed by atoms with Crippen LogP contribution >= 0.6 is 0 Å². The average Bonchev–Trinajstić information content (AvgIpc) is 3.45. The van der Waals surface area contributed by atoms with Crippen molar-refractivity contribution >= 4 is 5.78 Å². The van der Waals surface area contributed by atoms with Gasteiger partial charge in [-0.3, -0.25) is 9.69 Å². The van der Waals surface area contributed by atoms with Crippen LogP contribution in [0.3, 0.4) is 0 Å². The van der Waals surface area contributed by atoms with Crippen LogP contribution in [0, 0.1) is 5.92 Å². The molecule has 0 amide bonds. The Balaban J connectivity index is 1.54. The number of ketones is 1. The molecule has 3 fully saturated rings. The van der Waals surface area contributed by atoms with Crippen LogP contribution in [-0.2, 0) is 21.4 Å². The van der Waals surface area contributed by atoms with Gasteiger partial charge in [0, 0.05) is 31.2 Å². The highest BCUT2D eigenvalue weighted by Gasteiger charge is 2.74. The second-order valence-corrected chi connectivity index (χ2v) is 9.88. The fraction of sp³-hybridized carbons (Fsp3) is 0.708. The second-order valence-electron chi connectivity index (χ2n) is 9.88. The fourth-order valence-electron chi connectivity index (χ4n) is 6.93. The predicted molar refractivity (Wildman–Crippen MR) is 108 cm³/mol. The van der Waals surface area contributed by atoms with Crippen molar-refractivity contribution in [3.8, 4) is 11.5 Å². The van der Waals surface area contributed by atoms with Gasteiger partial charge in [-0.05, 0) is 62.6 Å². The van der Waals surface area contributed by atoms with Crippen LogP contribution in [-0.4, -0.2) is 53.2 Å². The molecule has 1 unspecified atom stereocenters. The number of phenols is 1. The van der Waals surface area contributed by atoms with Crippen molar-refractivity contribution in [2.75, 3.05) is 19.7 Å². The lowest BCUT2D eigenvalue weighted by Crippen LogP contribution is -2.77. The number of phenolic OH excluding ortho intramolecular Hbond substituents is 1. The van der Waals surface area contributed by atoms with Gasteiger partial charge < -0.3 is 14.6 Å². The smallest absolute Gasteiger partial charge is 0.174 e. The molecule has 0 radical (unpaired) electrons. The molecular formula is C24H31NO4. The molecule has 2 aliphatic heterocycles. The van der Waals surface area contributed by atoms with Crippen LogP contribution in [0.2, 0.25) is 0 Å². The Morgan fingerprint density at radius 2 is 2.17 bits per heavy atom. The van der Waals surface area contributed by atoms with E-state index in [0.717, 1.165) is 63.3 Å². The van der Waals surface area contributed by atoms with E-state index in [1.54, 1.807) is 6.07 Å². The molecule has 1 aromatic carbocycles. The molecule has 3 aliphatic carbocycles. The third-order valence-electron chi connectivity index (χ3n) is 8.38. The molecule has 5 nitrogen and oxygen atoms in total. The first-order chi connectivity index (χ1) is 14.1. The van der Waals surface area contributed by atoms with Crippen LogP contribution < -0.4 is 4.74 Å². The Morgan fingerprint density at radius 3 is 2.97 bits per heavy atom. The Morgan fingerprint density at radius 1 is 1.31 bits per heavy atom. The van der Waals surface area contributed by atoms with Crippen molar-refractivity contribution in [1.29, 1.82) is 0 Å². The zero-order valence-corrected chi connectivity index (χ0v) is 17.3. The van der Waals surface area contributed by atoms with Gasteiger partial charge in [-0.1, -0.05) is 19.4 Å². The molecule has 1 spiro atoms. The number of piperidine rings is 1. The summed E-state index contributed by atoms with van der Waals surface area (Å²) in [6.07, 6.45) is 7.40. The fourth-order valence-corrected chi connectivity index (χ4v) is 6.93. The number of rotatable bonds is 6. The molecular weight excluding hydrogens is 366 g/mol. The van der Waals surface area contributed by atoms with Crippen LogP contribution in [0.5, 0.6) is 11.5 Å². The van der Waals surface area contributed by atoms with Crippen molar-refractivity contribution in [2.24, 2.45) is 5.92 Å². The molecule has 2 bridgehead atoms. The minimum absolute atomic E-state index is 0.168. The predicted octanol–water partition coefficient (Wildman–Crippen LogP) is 3.35. The summed E-state index contributed by atoms with van der Waals surface area (Å²) in [7, 11) is 0. The normalized spacial score (nSPS) is 37.3. The number of ether oxygens (including phenoxy) is 2. The lowest BCUT2D eigenvalue weighted by atomic mass is 9.48. The van der Waals surface area contributed by atoms with Crippen LogP contribution in [0.15, 0.2) is 12.1 Å². The summed E-state index contributed by atoms with van der Waals surface area (Å²) < 4.78 is 13.2. The molecule has 0 aromatic heterocycles. The number of unbranched alkanes of at least 4 members (excludes halogenated alkanes) is 1. The molecule has 2 heterocycles. The summed E-state index contributed by atoms with van der Waals surface area (Å²) in [6, 6.07) is 4.10. The van der Waals surface area contributed by atoms with Gasteiger partial charge in [0.25, 0.3) is 0 Å². The summed E-state index contributed by atoms with van der Waals surface area (Å²) in [5, 5.41) is 10.6. The van der Waals surface area contributed by atoms with Gasteiger partial charge in [0.15, 0.2) is 23.4 Å². The van der Waals surface area contributed by atoms with E-state index in [0.29, 0.717) is 12.2 Å². The summed E-state index contributed by atoms with van der Waals surface area (Å²) in [5.41, 5.74) is 1.51. The molecule has 4 atom stereocenters. The van der Waals surface area contributed by atoms with Gasteiger partial charge in [-0.2, -0.15) is 0 Å². The third kappa shape index (κ3) is 2.26. The first-order valence-electron chi connectivity index (χ1n) is 11.5. The number of likely N-dealkylation sites (tertiary alicyclic amines) is 1. The molecule has 6 rings (SSSR count). The van der Waals surface area contributed by atoms with Gasteiger partial charge in [0.05, 0.1) is 11.0 Å². The zero-order chi connectivity index (χ0) is 19.8. The average molecular weight is 398 g/mol. The summed E-state index contributed by atoms with van der Waals surface area (Å²) in [5.74, 6) is 1.73. The van der Waals surface area contributed by atoms with Crippen molar-refractivity contribution < 1.29 is 19.4 Å². The Labute approximate surface area is 172 Å². The van der Waals surface area contributed by atoms with Gasteiger partial charge in [-0.25, -0.2) is 0 Å². The van der Waals surface area contributed by atoms with Gasteiger partial charge >= 0.3 is 0 Å². The summed E-state index contributed by atoms with van der Waals surface area (Å²) >= 11 is 0. The topological polar surface area (TPSA) is 59.0 Å². The maximum Gasteiger partial charge on any atom is 0.174 e. The quantitative estimate of drug-likeness (QED) is 0.746. The maximum atomic E-state index is 13.1. The second kappa shape index (κ2) is 6.21. The maximum absolute atomic E-state index is 13.1. The van der Waals surface area contributed by atoms with E-state index in [9.17, 15) is 9.90 Å². The first kappa shape index (κ1) is 18.2. The summed E-state index contributed by atoms with van der Waals surface area (Å²) in [6.45, 7) is 5.06. The van der Waals surface area contributed by atoms with E-state index in [1.807, 2.05) is 0 Å². The Bertz CT molecular complexity index is 865. The lowest BCUT2D eigenvalue weighted by molar-refractivity contribution is -0.214. The van der Waals surface area contributed by atoms with E-state index in [2.05, 4.69) is 17.9 Å². The van der Waals surface area contributed by atoms with Gasteiger partial charge in [0.1, 0.15) is 0 Å². The number of benzene rings is 1. The van der Waals surface area contributed by atoms with E-state index in [4.69, 9.17) is 9.47 Å². The standard InChI is InChI=1S/C24H31NO4/c1-2-3-12-28-24-9-8-18(27)22-23(24)10-11-25(14-15-4-5-15)19(24)13-16-6-7-17(26)21(29-22)20(16)23/h6-7,15,19,22,26H,2-5,8-14H2,1H3/t19?,22-,23-,24+/m0/s1. The number of nitrogens with zero attached hydrogens (tertiary/aromatic N) is 1. The Kier molecular flexibility index (Phi) is 3.90. The van der Waals surface area contributed by atoms with E-state index in [1.165, 1.54) is 18.4 Å². The highest BCUT2D eigenvalue weighted by Crippen LogP contribution is 2.66. The number of Topliss-reactive ketones (excluding diaryl/α,β-unsaturated/α-hetero) is 1. The van der Waals surface area contributed by atoms with Crippen LogP contribution in [0.25, 0.3) is 0 Å². The molecule has 5 aliphatic rings. The minimum Gasteiger partial charge on any atom is -0.504 e. The van der Waals surface area contributed by atoms with E-state index in [-0.39, 0.29) is 23.2 Å². The highest BCUT2D eigenvalue weighted by atomic mass is 16.5. The van der Waals surface area contributed by atoms with Gasteiger partial charge in [0.2, 0.25) is 0 Å². The molecule has 2 saturated carbocycles. The molecule has 1 aromatic rings. The SMILES string of the molecule is CCCCO[C@@]12CCC(=O)[C@@H]3Oc4c(O)ccc5c4[C@@]31CCN(CC1CC1)C2C5. The molecule has 5 heteroatoms. The largest absolute Gasteiger partial charge is 0.504 e. The van der Waals surface area contributed by atoms with Crippen molar-refractivity contribution in [1.82, 2.24) is 4.90 Å². The van der Waals surface area contributed by atoms with Crippen molar-refractivity contribution in [3.05, 3.63) is 23.3 Å². The molecule has 1 saturated heterocycles. The zero-order valence-electron chi connectivity index (χ0n) is 17.3. The third-order valence-corrected chi connectivity index (χ3v) is 8.38. The van der Waals surface area contributed by atoms with Gasteiger partial charge in [-0.15, -0.1) is 0 Å². The van der Waals surface area contributed by atoms with Crippen molar-refractivity contribution in [2.45, 2.75) is 81.5 Å². The van der Waals surface area contributed by atoms with Crippen LogP contribution in [0.1, 0.15) is 63.0 Å².